The van der Waals surface area contributed by atoms with Gasteiger partial charge in [0.2, 0.25) is 0 Å². The lowest BCUT2D eigenvalue weighted by molar-refractivity contribution is -0.127. The van der Waals surface area contributed by atoms with Gasteiger partial charge in [0.25, 0.3) is 5.91 Å². The zero-order valence-electron chi connectivity index (χ0n) is 15.6. The smallest absolute Gasteiger partial charge is 0.279 e. The van der Waals surface area contributed by atoms with Crippen molar-refractivity contribution < 1.29 is 9.53 Å². The molecule has 0 spiro atoms. The third-order valence-electron chi connectivity index (χ3n) is 4.17. The van der Waals surface area contributed by atoms with E-state index in [0.717, 1.165) is 28.8 Å². The molecule has 0 unspecified atom stereocenters. The normalized spacial score (nSPS) is 11.4. The van der Waals surface area contributed by atoms with Crippen LogP contribution in [0.1, 0.15) is 30.5 Å². The molecule has 0 aliphatic heterocycles. The third-order valence-corrected chi connectivity index (χ3v) is 4.38. The Morgan fingerprint density at radius 2 is 1.85 bits per heavy atom. The number of anilines is 1. The molecular formula is C20H25N3O2S. The number of aryl methyl sites for hydroxylation is 2. The molecule has 1 atom stereocenters. The highest BCUT2D eigenvalue weighted by atomic mass is 32.1. The first-order chi connectivity index (χ1) is 12.4. The molecule has 2 aromatic carbocycles. The molecule has 0 aliphatic carbocycles. The van der Waals surface area contributed by atoms with Gasteiger partial charge >= 0.3 is 0 Å². The zero-order chi connectivity index (χ0) is 19.1. The van der Waals surface area contributed by atoms with Crippen LogP contribution < -0.4 is 20.9 Å². The number of thiocarbonyl (C=S) groups is 1. The second-order valence-electron chi connectivity index (χ2n) is 6.04. The van der Waals surface area contributed by atoms with Gasteiger partial charge in [-0.25, -0.2) is 0 Å². The topological polar surface area (TPSA) is 62.4 Å². The maximum atomic E-state index is 12.2. The molecule has 0 heterocycles. The molecule has 0 aliphatic rings. The van der Waals surface area contributed by atoms with Crippen LogP contribution in [0.5, 0.6) is 5.75 Å². The lowest BCUT2D eigenvalue weighted by Gasteiger charge is -2.18. The van der Waals surface area contributed by atoms with Crippen molar-refractivity contribution in [3.05, 3.63) is 59.2 Å². The monoisotopic (exact) mass is 371 g/mol. The highest BCUT2D eigenvalue weighted by Gasteiger charge is 2.16. The van der Waals surface area contributed by atoms with E-state index in [9.17, 15) is 4.79 Å². The average Bonchev–Trinajstić information content (AvgIpc) is 2.63. The first-order valence-electron chi connectivity index (χ1n) is 8.60. The fourth-order valence-corrected chi connectivity index (χ4v) is 2.58. The van der Waals surface area contributed by atoms with Gasteiger partial charge in [0.15, 0.2) is 11.2 Å². The van der Waals surface area contributed by atoms with Crippen LogP contribution in [-0.4, -0.2) is 17.1 Å². The van der Waals surface area contributed by atoms with Crippen molar-refractivity contribution in [1.29, 1.82) is 0 Å². The van der Waals surface area contributed by atoms with Gasteiger partial charge in [0, 0.05) is 5.69 Å². The van der Waals surface area contributed by atoms with Crippen molar-refractivity contribution in [2.45, 2.75) is 40.2 Å². The average molecular weight is 372 g/mol. The second kappa shape index (κ2) is 9.20. The molecule has 0 bridgehead atoms. The highest BCUT2D eigenvalue weighted by Crippen LogP contribution is 2.21. The van der Waals surface area contributed by atoms with Gasteiger partial charge in [-0.2, -0.15) is 0 Å². The molecule has 2 aromatic rings. The van der Waals surface area contributed by atoms with Crippen LogP contribution in [-0.2, 0) is 11.2 Å². The molecule has 6 heteroatoms. The molecule has 26 heavy (non-hydrogen) atoms. The summed E-state index contributed by atoms with van der Waals surface area (Å²) in [5.74, 6) is 0.393. The Labute approximate surface area is 160 Å². The largest absolute Gasteiger partial charge is 0.481 e. The number of amides is 1. The van der Waals surface area contributed by atoms with Gasteiger partial charge in [0.1, 0.15) is 5.75 Å². The summed E-state index contributed by atoms with van der Waals surface area (Å²) in [7, 11) is 0. The Balaban J connectivity index is 1.87. The van der Waals surface area contributed by atoms with Crippen molar-refractivity contribution in [1.82, 2.24) is 10.9 Å². The number of para-hydroxylation sites is 1. The van der Waals surface area contributed by atoms with Crippen molar-refractivity contribution in [3.8, 4) is 5.75 Å². The maximum absolute atomic E-state index is 12.2. The minimum absolute atomic E-state index is 0.307. The fourth-order valence-electron chi connectivity index (χ4n) is 2.42. The molecule has 138 valence electrons. The van der Waals surface area contributed by atoms with E-state index < -0.39 is 6.10 Å². The molecule has 3 N–H and O–H groups in total. The SMILES string of the molecule is CCc1ccccc1NC(=S)NNC(=O)[C@@H](C)Oc1cccc(C)c1C. The van der Waals surface area contributed by atoms with Crippen molar-refractivity contribution in [2.75, 3.05) is 5.32 Å². The molecule has 0 aromatic heterocycles. The summed E-state index contributed by atoms with van der Waals surface area (Å²) < 4.78 is 5.76. The Morgan fingerprint density at radius 1 is 1.12 bits per heavy atom. The van der Waals surface area contributed by atoms with Crippen LogP contribution >= 0.6 is 12.2 Å². The Hall–Kier alpha value is -2.60. The summed E-state index contributed by atoms with van der Waals surface area (Å²) in [4.78, 5) is 12.2. The number of carbonyl (C=O) groups excluding carboxylic acids is 1. The minimum Gasteiger partial charge on any atom is -0.481 e. The predicted octanol–water partition coefficient (Wildman–Crippen LogP) is 3.65. The van der Waals surface area contributed by atoms with Gasteiger partial charge in [0.05, 0.1) is 0 Å². The molecule has 5 nitrogen and oxygen atoms in total. The second-order valence-corrected chi connectivity index (χ2v) is 6.45. The van der Waals surface area contributed by atoms with Crippen molar-refractivity contribution >= 4 is 28.9 Å². The van der Waals surface area contributed by atoms with E-state index in [2.05, 4.69) is 23.1 Å². The quantitative estimate of drug-likeness (QED) is 0.553. The number of hydrogen-bond donors (Lipinski definition) is 3. The van der Waals surface area contributed by atoms with Gasteiger partial charge in [-0.15, -0.1) is 0 Å². The summed E-state index contributed by atoms with van der Waals surface area (Å²) in [6.07, 6.45) is 0.229. The van der Waals surface area contributed by atoms with Gasteiger partial charge in [-0.1, -0.05) is 37.3 Å². The maximum Gasteiger partial charge on any atom is 0.279 e. The molecule has 1 amide bonds. The van der Waals surface area contributed by atoms with Crippen LogP contribution in [0, 0.1) is 13.8 Å². The van der Waals surface area contributed by atoms with E-state index in [1.165, 1.54) is 0 Å². The number of ether oxygens (including phenoxy) is 1. The summed E-state index contributed by atoms with van der Waals surface area (Å²) >= 11 is 5.24. The first kappa shape index (κ1) is 19.7. The molecule has 0 saturated carbocycles. The highest BCUT2D eigenvalue weighted by molar-refractivity contribution is 7.80. The first-order valence-corrected chi connectivity index (χ1v) is 9.00. The van der Waals surface area contributed by atoms with Gasteiger partial charge in [-0.05, 0) is 68.2 Å². The number of carbonyl (C=O) groups is 1. The van der Waals surface area contributed by atoms with Gasteiger partial charge in [-0.3, -0.25) is 15.6 Å². The summed E-state index contributed by atoms with van der Waals surface area (Å²) in [5.41, 5.74) is 9.50. The van der Waals surface area contributed by atoms with Crippen LogP contribution in [0.2, 0.25) is 0 Å². The molecule has 2 rings (SSSR count). The Morgan fingerprint density at radius 3 is 2.58 bits per heavy atom. The number of rotatable bonds is 5. The molecule has 0 fully saturated rings. The number of benzene rings is 2. The van der Waals surface area contributed by atoms with E-state index >= 15 is 0 Å². The van der Waals surface area contributed by atoms with Crippen molar-refractivity contribution in [2.24, 2.45) is 0 Å². The van der Waals surface area contributed by atoms with Gasteiger partial charge < -0.3 is 10.1 Å². The molecular weight excluding hydrogens is 346 g/mol. The number of nitrogens with one attached hydrogen (secondary N) is 3. The lowest BCUT2D eigenvalue weighted by Crippen LogP contribution is -2.48. The minimum atomic E-state index is -0.659. The third kappa shape index (κ3) is 5.20. The number of hydrogen-bond acceptors (Lipinski definition) is 3. The Kier molecular flexibility index (Phi) is 6.97. The lowest BCUT2D eigenvalue weighted by atomic mass is 10.1. The summed E-state index contributed by atoms with van der Waals surface area (Å²) in [6, 6.07) is 13.7. The summed E-state index contributed by atoms with van der Waals surface area (Å²) in [5, 5.41) is 3.40. The van der Waals surface area contributed by atoms with E-state index in [-0.39, 0.29) is 5.91 Å². The zero-order valence-corrected chi connectivity index (χ0v) is 16.4. The standard InChI is InChI=1S/C20H25N3O2S/c1-5-16-10-6-7-11-17(16)21-20(26)23-22-19(24)15(4)25-18-12-8-9-13(2)14(18)3/h6-12,15H,5H2,1-4H3,(H,22,24)(H2,21,23,26)/t15-/m1/s1. The summed E-state index contributed by atoms with van der Waals surface area (Å²) in [6.45, 7) is 7.75. The molecule has 0 saturated heterocycles. The van der Waals surface area contributed by atoms with E-state index in [1.54, 1.807) is 6.92 Å². The fraction of sp³-hybridized carbons (Fsp3) is 0.300. The predicted molar refractivity (Wildman–Crippen MR) is 109 cm³/mol. The van der Waals surface area contributed by atoms with E-state index in [4.69, 9.17) is 17.0 Å². The van der Waals surface area contributed by atoms with E-state index in [1.807, 2.05) is 56.3 Å². The molecule has 0 radical (unpaired) electrons. The van der Waals surface area contributed by atoms with Crippen LogP contribution in [0.3, 0.4) is 0 Å². The van der Waals surface area contributed by atoms with Crippen LogP contribution in [0.4, 0.5) is 5.69 Å². The van der Waals surface area contributed by atoms with E-state index in [0.29, 0.717) is 10.9 Å². The number of hydrazine groups is 1. The van der Waals surface area contributed by atoms with Crippen molar-refractivity contribution in [3.63, 3.8) is 0 Å². The van der Waals surface area contributed by atoms with Crippen LogP contribution in [0.15, 0.2) is 42.5 Å². The Bertz CT molecular complexity index is 792. The van der Waals surface area contributed by atoms with Crippen LogP contribution in [0.25, 0.3) is 0 Å².